The lowest BCUT2D eigenvalue weighted by Gasteiger charge is -1.82. The summed E-state index contributed by atoms with van der Waals surface area (Å²) in [6.07, 6.45) is 6.00. The molecule has 0 aliphatic rings. The summed E-state index contributed by atoms with van der Waals surface area (Å²) < 4.78 is 27.3. The Morgan fingerprint density at radius 3 is 2.00 bits per heavy atom. The fraction of sp³-hybridized carbons (Fsp3) is 0.143. The van der Waals surface area contributed by atoms with Crippen molar-refractivity contribution in [2.75, 3.05) is 5.75 Å². The van der Waals surface area contributed by atoms with Crippen molar-refractivity contribution in [3.63, 3.8) is 0 Å². The standard InChI is InChI=1S/C4H4N2.C3H6O3S/c1-2-5-4-6-3-1;1-2-3-7(4,5)6/h1-4H;2H,1,3H2,(H,4,5,6). The molecule has 1 aromatic rings. The van der Waals surface area contributed by atoms with Crippen LogP contribution in [-0.2, 0) is 10.1 Å². The molecular weight excluding hydrogens is 192 g/mol. The van der Waals surface area contributed by atoms with Gasteiger partial charge in [-0.2, -0.15) is 8.42 Å². The maximum atomic E-state index is 9.72. The Morgan fingerprint density at radius 2 is 1.92 bits per heavy atom. The van der Waals surface area contributed by atoms with Gasteiger partial charge in [-0.1, -0.05) is 6.08 Å². The van der Waals surface area contributed by atoms with E-state index in [4.69, 9.17) is 4.55 Å². The topological polar surface area (TPSA) is 80.2 Å². The molecule has 0 amide bonds. The maximum Gasteiger partial charge on any atom is 0.268 e. The van der Waals surface area contributed by atoms with Crippen LogP contribution in [0, 0.1) is 0 Å². The molecular formula is C7H10N2O3S. The van der Waals surface area contributed by atoms with Crippen molar-refractivity contribution >= 4 is 10.1 Å². The molecule has 0 radical (unpaired) electrons. The van der Waals surface area contributed by atoms with Crippen molar-refractivity contribution in [3.05, 3.63) is 37.4 Å². The van der Waals surface area contributed by atoms with Crippen LogP contribution in [0.1, 0.15) is 0 Å². The first-order chi connectivity index (χ1) is 6.06. The molecule has 0 fully saturated rings. The Hall–Kier alpha value is -1.27. The fourth-order valence-corrected chi connectivity index (χ4v) is 0.700. The van der Waals surface area contributed by atoms with Crippen molar-refractivity contribution in [2.45, 2.75) is 0 Å². The van der Waals surface area contributed by atoms with Gasteiger partial charge in [-0.15, -0.1) is 6.58 Å². The zero-order chi connectivity index (χ0) is 10.2. The smallest absolute Gasteiger partial charge is 0.268 e. The molecule has 6 heteroatoms. The van der Waals surface area contributed by atoms with Gasteiger partial charge in [0, 0.05) is 12.4 Å². The number of hydrogen-bond donors (Lipinski definition) is 1. The fourth-order valence-electron chi connectivity index (χ4n) is 0.402. The molecule has 13 heavy (non-hydrogen) atoms. The van der Waals surface area contributed by atoms with E-state index in [9.17, 15) is 8.42 Å². The summed E-state index contributed by atoms with van der Waals surface area (Å²) in [4.78, 5) is 7.35. The molecule has 1 rings (SSSR count). The van der Waals surface area contributed by atoms with E-state index in [0.29, 0.717) is 0 Å². The highest BCUT2D eigenvalue weighted by Gasteiger charge is 1.95. The molecule has 1 N–H and O–H groups in total. The zero-order valence-electron chi connectivity index (χ0n) is 6.87. The number of rotatable bonds is 2. The Balaban J connectivity index is 0.000000223. The maximum absolute atomic E-state index is 9.72. The van der Waals surface area contributed by atoms with Gasteiger partial charge in [-0.05, 0) is 6.07 Å². The van der Waals surface area contributed by atoms with Crippen molar-refractivity contribution in [1.82, 2.24) is 9.97 Å². The van der Waals surface area contributed by atoms with Crippen LogP contribution in [0.2, 0.25) is 0 Å². The monoisotopic (exact) mass is 202 g/mol. The van der Waals surface area contributed by atoms with Crippen LogP contribution >= 0.6 is 0 Å². The van der Waals surface area contributed by atoms with Gasteiger partial charge in [0.05, 0.1) is 5.75 Å². The van der Waals surface area contributed by atoms with Gasteiger partial charge in [-0.3, -0.25) is 4.55 Å². The largest absolute Gasteiger partial charge is 0.285 e. The Kier molecular flexibility index (Phi) is 5.66. The van der Waals surface area contributed by atoms with Crippen LogP contribution < -0.4 is 0 Å². The minimum Gasteiger partial charge on any atom is -0.285 e. The molecule has 1 aromatic heterocycles. The Morgan fingerprint density at radius 1 is 1.38 bits per heavy atom. The van der Waals surface area contributed by atoms with Crippen molar-refractivity contribution < 1.29 is 13.0 Å². The molecule has 0 saturated heterocycles. The normalized spacial score (nSPS) is 9.62. The summed E-state index contributed by atoms with van der Waals surface area (Å²) in [6, 6.07) is 1.78. The van der Waals surface area contributed by atoms with E-state index >= 15 is 0 Å². The minimum atomic E-state index is -3.79. The molecule has 5 nitrogen and oxygen atoms in total. The highest BCUT2D eigenvalue weighted by molar-refractivity contribution is 7.85. The van der Waals surface area contributed by atoms with Crippen molar-refractivity contribution in [1.29, 1.82) is 0 Å². The molecule has 0 atom stereocenters. The third-order valence-electron chi connectivity index (χ3n) is 0.806. The predicted molar refractivity (Wildman–Crippen MR) is 48.6 cm³/mol. The second-order valence-corrected chi connectivity index (χ2v) is 3.44. The number of nitrogens with zero attached hydrogens (tertiary/aromatic N) is 2. The van der Waals surface area contributed by atoms with Crippen LogP contribution in [0.15, 0.2) is 37.4 Å². The van der Waals surface area contributed by atoms with Gasteiger partial charge in [0.25, 0.3) is 10.1 Å². The SMILES string of the molecule is C=CCS(=O)(=O)O.c1cncnc1. The summed E-state index contributed by atoms with van der Waals surface area (Å²) in [5, 5.41) is 0. The average molecular weight is 202 g/mol. The third-order valence-corrected chi connectivity index (χ3v) is 1.46. The molecule has 0 aromatic carbocycles. The van der Waals surface area contributed by atoms with Crippen LogP contribution in [0.3, 0.4) is 0 Å². The van der Waals surface area contributed by atoms with Gasteiger partial charge >= 0.3 is 0 Å². The quantitative estimate of drug-likeness (QED) is 0.559. The van der Waals surface area contributed by atoms with Crippen LogP contribution in [0.4, 0.5) is 0 Å². The summed E-state index contributed by atoms with van der Waals surface area (Å²) in [5.74, 6) is -0.368. The van der Waals surface area contributed by atoms with E-state index in [-0.39, 0.29) is 5.75 Å². The summed E-state index contributed by atoms with van der Waals surface area (Å²) in [5.41, 5.74) is 0. The van der Waals surface area contributed by atoms with E-state index in [0.717, 1.165) is 6.08 Å². The second kappa shape index (κ2) is 6.27. The molecule has 0 aliphatic heterocycles. The molecule has 0 aliphatic carbocycles. The van der Waals surface area contributed by atoms with Crippen LogP contribution in [0.5, 0.6) is 0 Å². The Labute approximate surface area is 76.9 Å². The molecule has 0 saturated carbocycles. The van der Waals surface area contributed by atoms with Gasteiger partial charge in [0.15, 0.2) is 0 Å². The molecule has 72 valence electrons. The van der Waals surface area contributed by atoms with Crippen LogP contribution in [0.25, 0.3) is 0 Å². The van der Waals surface area contributed by atoms with E-state index < -0.39 is 10.1 Å². The van der Waals surface area contributed by atoms with Gasteiger partial charge < -0.3 is 0 Å². The van der Waals surface area contributed by atoms with Gasteiger partial charge in [-0.25, -0.2) is 9.97 Å². The highest BCUT2D eigenvalue weighted by Crippen LogP contribution is 1.78. The highest BCUT2D eigenvalue weighted by atomic mass is 32.2. The van der Waals surface area contributed by atoms with Crippen molar-refractivity contribution in [2.24, 2.45) is 0 Å². The van der Waals surface area contributed by atoms with Gasteiger partial charge in [0.2, 0.25) is 0 Å². The third kappa shape index (κ3) is 10.7. The molecule has 0 bridgehead atoms. The summed E-state index contributed by atoms with van der Waals surface area (Å²) >= 11 is 0. The van der Waals surface area contributed by atoms with Crippen molar-refractivity contribution in [3.8, 4) is 0 Å². The lowest BCUT2D eigenvalue weighted by molar-refractivity contribution is 0.487. The molecule has 1 heterocycles. The second-order valence-electron chi connectivity index (χ2n) is 1.94. The molecule has 0 unspecified atom stereocenters. The van der Waals surface area contributed by atoms with E-state index in [1.54, 1.807) is 18.5 Å². The minimum absolute atomic E-state index is 0.368. The number of hydrogen-bond acceptors (Lipinski definition) is 4. The van der Waals surface area contributed by atoms with E-state index in [2.05, 4.69) is 16.5 Å². The average Bonchev–Trinajstić information content (AvgIpc) is 2.06. The molecule has 0 spiro atoms. The predicted octanol–water partition coefficient (Wildman–Crippen LogP) is 0.537. The number of aromatic nitrogens is 2. The Bertz CT molecular complexity index is 296. The summed E-state index contributed by atoms with van der Waals surface area (Å²) in [6.45, 7) is 3.11. The first-order valence-corrected chi connectivity index (χ1v) is 4.93. The van der Waals surface area contributed by atoms with E-state index in [1.165, 1.54) is 6.33 Å². The van der Waals surface area contributed by atoms with Crippen LogP contribution in [-0.4, -0.2) is 28.7 Å². The first-order valence-electron chi connectivity index (χ1n) is 3.32. The lowest BCUT2D eigenvalue weighted by atomic mass is 10.7. The zero-order valence-corrected chi connectivity index (χ0v) is 7.68. The van der Waals surface area contributed by atoms with E-state index in [1.807, 2.05) is 0 Å². The summed E-state index contributed by atoms with van der Waals surface area (Å²) in [7, 11) is -3.79. The first kappa shape index (κ1) is 11.7. The van der Waals surface area contributed by atoms with Gasteiger partial charge in [0.1, 0.15) is 6.33 Å². The lowest BCUT2D eigenvalue weighted by Crippen LogP contribution is -1.99.